The second-order valence-electron chi connectivity index (χ2n) is 5.05. The Bertz CT molecular complexity index is 731. The number of benzene rings is 2. The third-order valence-corrected chi connectivity index (χ3v) is 3.20. The maximum Gasteiger partial charge on any atom is 0.407 e. The molecule has 0 unspecified atom stereocenters. The van der Waals surface area contributed by atoms with E-state index in [2.05, 4.69) is 11.4 Å². The van der Waals surface area contributed by atoms with Gasteiger partial charge in [-0.2, -0.15) is 5.26 Å². The van der Waals surface area contributed by atoms with E-state index in [1.807, 2.05) is 55.5 Å². The van der Waals surface area contributed by atoms with Gasteiger partial charge in [0.05, 0.1) is 11.6 Å². The quantitative estimate of drug-likeness (QED) is 0.913. The Morgan fingerprint density at radius 1 is 1.26 bits per heavy atom. The Kier molecular flexibility index (Phi) is 5.96. The zero-order valence-corrected chi connectivity index (χ0v) is 13.0. The number of hydrogen-bond acceptors (Lipinski definition) is 3. The van der Waals surface area contributed by atoms with E-state index in [0.717, 1.165) is 16.7 Å². The first-order valence-corrected chi connectivity index (χ1v) is 7.31. The second kappa shape index (κ2) is 8.40. The number of amides is 1. The summed E-state index contributed by atoms with van der Waals surface area (Å²) in [6.45, 7) is 2.55. The zero-order chi connectivity index (χ0) is 16.5. The molecule has 2 aromatic carbocycles. The van der Waals surface area contributed by atoms with Crippen molar-refractivity contribution in [3.05, 3.63) is 76.9 Å². The minimum atomic E-state index is -0.469. The minimum absolute atomic E-state index is 0.243. The first kappa shape index (κ1) is 16.3. The van der Waals surface area contributed by atoms with Gasteiger partial charge < -0.3 is 10.1 Å². The van der Waals surface area contributed by atoms with Crippen LogP contribution in [0.4, 0.5) is 4.79 Å². The highest BCUT2D eigenvalue weighted by molar-refractivity contribution is 5.68. The van der Waals surface area contributed by atoms with E-state index in [0.29, 0.717) is 12.1 Å². The molecule has 0 saturated heterocycles. The number of carbonyl (C=O) groups is 1. The first-order valence-electron chi connectivity index (χ1n) is 7.31. The van der Waals surface area contributed by atoms with Gasteiger partial charge in [0.25, 0.3) is 0 Å². The van der Waals surface area contributed by atoms with Crippen molar-refractivity contribution in [3.63, 3.8) is 0 Å². The van der Waals surface area contributed by atoms with Crippen LogP contribution in [0.2, 0.25) is 0 Å². The van der Waals surface area contributed by atoms with Crippen LogP contribution in [0.15, 0.2) is 54.6 Å². The molecular weight excluding hydrogens is 288 g/mol. The maximum absolute atomic E-state index is 11.6. The maximum atomic E-state index is 11.6. The molecule has 2 aromatic rings. The van der Waals surface area contributed by atoms with Crippen LogP contribution in [-0.4, -0.2) is 12.6 Å². The van der Waals surface area contributed by atoms with Gasteiger partial charge in [0.15, 0.2) is 0 Å². The fourth-order valence-corrected chi connectivity index (χ4v) is 2.02. The van der Waals surface area contributed by atoms with Crippen LogP contribution < -0.4 is 5.32 Å². The van der Waals surface area contributed by atoms with Crippen molar-refractivity contribution < 1.29 is 9.53 Å². The van der Waals surface area contributed by atoms with Crippen LogP contribution >= 0.6 is 0 Å². The molecule has 0 heterocycles. The van der Waals surface area contributed by atoms with E-state index >= 15 is 0 Å². The Labute approximate surface area is 136 Å². The number of hydrogen-bond donors (Lipinski definition) is 1. The number of alkyl carbamates (subject to hydrolysis) is 1. The molecule has 0 aliphatic heterocycles. The van der Waals surface area contributed by atoms with Gasteiger partial charge in [-0.25, -0.2) is 4.79 Å². The van der Waals surface area contributed by atoms with Crippen molar-refractivity contribution in [2.75, 3.05) is 6.54 Å². The number of nitrogens with one attached hydrogen (secondary N) is 1. The fourth-order valence-electron chi connectivity index (χ4n) is 2.02. The molecule has 4 heteroatoms. The molecule has 0 radical (unpaired) electrons. The van der Waals surface area contributed by atoms with Crippen LogP contribution in [0.5, 0.6) is 0 Å². The van der Waals surface area contributed by atoms with Crippen LogP contribution in [0.3, 0.4) is 0 Å². The van der Waals surface area contributed by atoms with Crippen LogP contribution in [0.1, 0.15) is 22.3 Å². The fraction of sp³-hybridized carbons (Fsp3) is 0.158. The Hall–Kier alpha value is -3.06. The highest BCUT2D eigenvalue weighted by Gasteiger charge is 2.01. The average molecular weight is 306 g/mol. The Morgan fingerprint density at radius 3 is 2.78 bits per heavy atom. The molecule has 116 valence electrons. The summed E-state index contributed by atoms with van der Waals surface area (Å²) in [6, 6.07) is 17.3. The molecule has 0 saturated carbocycles. The molecule has 2 rings (SSSR count). The summed E-state index contributed by atoms with van der Waals surface area (Å²) in [6.07, 6.45) is 3.14. The number of nitrogens with zero attached hydrogens (tertiary/aromatic N) is 1. The van der Waals surface area contributed by atoms with Gasteiger partial charge in [-0.05, 0) is 24.1 Å². The molecule has 1 N–H and O–H groups in total. The van der Waals surface area contributed by atoms with E-state index in [1.165, 1.54) is 0 Å². The van der Waals surface area contributed by atoms with Gasteiger partial charge >= 0.3 is 6.09 Å². The standard InChI is InChI=1S/C19H18N2O2/c1-15-9-10-18(13-20)17(12-15)8-5-11-21-19(22)23-14-16-6-3-2-4-7-16/h2-10,12H,11,14H2,1H3,(H,21,22). The van der Waals surface area contributed by atoms with Crippen molar-refractivity contribution >= 4 is 12.2 Å². The number of aryl methyl sites for hydroxylation is 1. The third-order valence-electron chi connectivity index (χ3n) is 3.20. The summed E-state index contributed by atoms with van der Waals surface area (Å²) < 4.78 is 5.11. The lowest BCUT2D eigenvalue weighted by Crippen LogP contribution is -2.24. The topological polar surface area (TPSA) is 62.1 Å². The number of rotatable bonds is 5. The normalized spacial score (nSPS) is 10.3. The van der Waals surface area contributed by atoms with Crippen molar-refractivity contribution in [2.24, 2.45) is 0 Å². The number of carbonyl (C=O) groups excluding carboxylic acids is 1. The summed E-state index contributed by atoms with van der Waals surface area (Å²) in [4.78, 5) is 11.6. The van der Waals surface area contributed by atoms with Crippen molar-refractivity contribution in [3.8, 4) is 6.07 Å². The van der Waals surface area contributed by atoms with Gasteiger partial charge in [0.2, 0.25) is 0 Å². The Balaban J connectivity index is 1.79. The minimum Gasteiger partial charge on any atom is -0.445 e. The summed E-state index contributed by atoms with van der Waals surface area (Å²) in [5.74, 6) is 0. The summed E-state index contributed by atoms with van der Waals surface area (Å²) >= 11 is 0. The monoisotopic (exact) mass is 306 g/mol. The number of ether oxygens (including phenoxy) is 1. The van der Waals surface area contributed by atoms with Crippen LogP contribution in [0, 0.1) is 18.3 Å². The van der Waals surface area contributed by atoms with E-state index in [4.69, 9.17) is 10.00 Å². The molecular formula is C19H18N2O2. The first-order chi connectivity index (χ1) is 11.2. The third kappa shape index (κ3) is 5.33. The van der Waals surface area contributed by atoms with Gasteiger partial charge in [-0.3, -0.25) is 0 Å². The number of nitriles is 1. The smallest absolute Gasteiger partial charge is 0.407 e. The van der Waals surface area contributed by atoms with Crippen LogP contribution in [0.25, 0.3) is 6.08 Å². The molecule has 4 nitrogen and oxygen atoms in total. The van der Waals surface area contributed by atoms with E-state index in [9.17, 15) is 4.79 Å². The highest BCUT2D eigenvalue weighted by Crippen LogP contribution is 2.12. The van der Waals surface area contributed by atoms with E-state index in [-0.39, 0.29) is 6.61 Å². The van der Waals surface area contributed by atoms with Gasteiger partial charge in [0, 0.05) is 6.54 Å². The lowest BCUT2D eigenvalue weighted by atomic mass is 10.1. The molecule has 0 aliphatic carbocycles. The molecule has 0 spiro atoms. The van der Waals surface area contributed by atoms with Crippen molar-refractivity contribution in [1.82, 2.24) is 5.32 Å². The zero-order valence-electron chi connectivity index (χ0n) is 13.0. The predicted molar refractivity (Wildman–Crippen MR) is 89.6 cm³/mol. The molecule has 0 atom stereocenters. The highest BCUT2D eigenvalue weighted by atomic mass is 16.5. The van der Waals surface area contributed by atoms with Crippen molar-refractivity contribution in [2.45, 2.75) is 13.5 Å². The largest absolute Gasteiger partial charge is 0.445 e. The SMILES string of the molecule is Cc1ccc(C#N)c(C=CCNC(=O)OCc2ccccc2)c1. The lowest BCUT2D eigenvalue weighted by molar-refractivity contribution is 0.141. The summed E-state index contributed by atoms with van der Waals surface area (Å²) in [7, 11) is 0. The van der Waals surface area contributed by atoms with Gasteiger partial charge in [-0.1, -0.05) is 60.2 Å². The predicted octanol–water partition coefficient (Wildman–Crippen LogP) is 3.81. The summed E-state index contributed by atoms with van der Waals surface area (Å²) in [5.41, 5.74) is 3.47. The molecule has 0 bridgehead atoms. The van der Waals surface area contributed by atoms with Gasteiger partial charge in [0.1, 0.15) is 6.61 Å². The molecule has 0 aromatic heterocycles. The van der Waals surface area contributed by atoms with Gasteiger partial charge in [-0.15, -0.1) is 0 Å². The van der Waals surface area contributed by atoms with Crippen molar-refractivity contribution in [1.29, 1.82) is 5.26 Å². The average Bonchev–Trinajstić information content (AvgIpc) is 2.58. The molecule has 0 fully saturated rings. The van der Waals surface area contributed by atoms with Crippen LogP contribution in [-0.2, 0) is 11.3 Å². The molecule has 0 aliphatic rings. The molecule has 23 heavy (non-hydrogen) atoms. The van der Waals surface area contributed by atoms with E-state index < -0.39 is 6.09 Å². The second-order valence-corrected chi connectivity index (χ2v) is 5.05. The van der Waals surface area contributed by atoms with E-state index in [1.54, 1.807) is 12.1 Å². The lowest BCUT2D eigenvalue weighted by Gasteiger charge is -2.05. The Morgan fingerprint density at radius 2 is 2.04 bits per heavy atom. The molecule has 1 amide bonds. The summed E-state index contributed by atoms with van der Waals surface area (Å²) in [5, 5.41) is 11.7.